The van der Waals surface area contributed by atoms with Crippen LogP contribution in [0.3, 0.4) is 0 Å². The van der Waals surface area contributed by atoms with Crippen molar-refractivity contribution in [2.45, 2.75) is 115 Å². The van der Waals surface area contributed by atoms with Crippen LogP contribution in [0.25, 0.3) is 0 Å². The number of hydrogen-bond donors (Lipinski definition) is 3. The number of nitrogens with two attached hydrogens (primary N) is 2. The van der Waals surface area contributed by atoms with Gasteiger partial charge in [0.2, 0.25) is 0 Å². The summed E-state index contributed by atoms with van der Waals surface area (Å²) in [6.07, 6.45) is 16.9. The van der Waals surface area contributed by atoms with Gasteiger partial charge in [0.15, 0.2) is 11.3 Å². The highest BCUT2D eigenvalue weighted by atomic mass is 16.4. The van der Waals surface area contributed by atoms with Crippen molar-refractivity contribution < 1.29 is 14.7 Å². The zero-order chi connectivity index (χ0) is 19.7. The molecule has 0 aromatic heterocycles. The molecule has 0 rings (SSSR count). The van der Waals surface area contributed by atoms with E-state index < -0.39 is 11.5 Å². The number of rotatable bonds is 19. The molecule has 5 N–H and O–H groups in total. The van der Waals surface area contributed by atoms with Crippen molar-refractivity contribution in [3.8, 4) is 0 Å². The molecule has 0 aromatic carbocycles. The van der Waals surface area contributed by atoms with Gasteiger partial charge in [0.1, 0.15) is 0 Å². The van der Waals surface area contributed by atoms with E-state index in [0.717, 1.165) is 19.3 Å². The van der Waals surface area contributed by atoms with Gasteiger partial charge in [-0.15, -0.1) is 0 Å². The molecule has 26 heavy (non-hydrogen) atoms. The van der Waals surface area contributed by atoms with E-state index in [9.17, 15) is 14.7 Å². The van der Waals surface area contributed by atoms with Gasteiger partial charge in [0.25, 0.3) is 0 Å². The molecule has 154 valence electrons. The highest BCUT2D eigenvalue weighted by Gasteiger charge is 2.40. The van der Waals surface area contributed by atoms with Gasteiger partial charge in [-0.05, 0) is 25.8 Å². The largest absolute Gasteiger partial charge is 0.480 e. The Labute approximate surface area is 160 Å². The van der Waals surface area contributed by atoms with Gasteiger partial charge in [0, 0.05) is 6.42 Å². The molecule has 0 radical (unpaired) electrons. The van der Waals surface area contributed by atoms with Crippen molar-refractivity contribution in [2.75, 3.05) is 6.54 Å². The molecule has 0 bridgehead atoms. The quantitative estimate of drug-likeness (QED) is 0.228. The fraction of sp³-hybridized carbons (Fsp3) is 0.905. The van der Waals surface area contributed by atoms with E-state index in [1.165, 1.54) is 64.2 Å². The van der Waals surface area contributed by atoms with Crippen molar-refractivity contribution in [1.29, 1.82) is 0 Å². The van der Waals surface area contributed by atoms with Gasteiger partial charge < -0.3 is 16.6 Å². The van der Waals surface area contributed by atoms with Crippen LogP contribution < -0.4 is 11.5 Å². The molecule has 0 spiro atoms. The van der Waals surface area contributed by atoms with E-state index in [2.05, 4.69) is 6.92 Å². The zero-order valence-corrected chi connectivity index (χ0v) is 16.9. The Balaban J connectivity index is 3.61. The summed E-state index contributed by atoms with van der Waals surface area (Å²) in [5.41, 5.74) is 9.46. The summed E-state index contributed by atoms with van der Waals surface area (Å²) in [6.45, 7) is 2.59. The predicted octanol–water partition coefficient (Wildman–Crippen LogP) is 4.56. The van der Waals surface area contributed by atoms with Crippen LogP contribution >= 0.6 is 0 Å². The lowest BCUT2D eigenvalue weighted by Crippen LogP contribution is -2.55. The third-order valence-corrected chi connectivity index (χ3v) is 5.16. The highest BCUT2D eigenvalue weighted by Crippen LogP contribution is 2.17. The summed E-state index contributed by atoms with van der Waals surface area (Å²) in [5, 5.41) is 9.25. The topological polar surface area (TPSA) is 106 Å². The third-order valence-electron chi connectivity index (χ3n) is 5.16. The number of hydrogen-bond acceptors (Lipinski definition) is 4. The van der Waals surface area contributed by atoms with Gasteiger partial charge in [-0.2, -0.15) is 0 Å². The second-order valence-corrected chi connectivity index (χ2v) is 7.58. The Hall–Kier alpha value is -0.940. The Morgan fingerprint density at radius 1 is 0.769 bits per heavy atom. The average Bonchev–Trinajstić information content (AvgIpc) is 2.63. The molecule has 0 unspecified atom stereocenters. The minimum absolute atomic E-state index is 0.121. The minimum Gasteiger partial charge on any atom is -0.480 e. The minimum atomic E-state index is -1.75. The Morgan fingerprint density at radius 2 is 1.19 bits per heavy atom. The molecule has 0 fully saturated rings. The first kappa shape index (κ1) is 25.1. The summed E-state index contributed by atoms with van der Waals surface area (Å²) in [6, 6.07) is 0. The Kier molecular flexibility index (Phi) is 15.7. The van der Waals surface area contributed by atoms with Gasteiger partial charge in [-0.25, -0.2) is 4.79 Å². The van der Waals surface area contributed by atoms with Gasteiger partial charge in [-0.3, -0.25) is 4.79 Å². The average molecular weight is 371 g/mol. The molecule has 5 nitrogen and oxygen atoms in total. The molecule has 0 heterocycles. The lowest BCUT2D eigenvalue weighted by Gasteiger charge is -2.22. The highest BCUT2D eigenvalue weighted by molar-refractivity contribution is 6.07. The Morgan fingerprint density at radius 3 is 1.58 bits per heavy atom. The molecule has 1 atom stereocenters. The van der Waals surface area contributed by atoms with Gasteiger partial charge in [-0.1, -0.05) is 84.0 Å². The third kappa shape index (κ3) is 11.6. The fourth-order valence-corrected chi connectivity index (χ4v) is 3.27. The van der Waals surface area contributed by atoms with E-state index in [4.69, 9.17) is 11.5 Å². The zero-order valence-electron chi connectivity index (χ0n) is 16.9. The van der Waals surface area contributed by atoms with E-state index in [0.29, 0.717) is 13.0 Å². The number of unbranched alkanes of at least 4 members (excludes halogenated alkanes) is 12. The van der Waals surface area contributed by atoms with Crippen LogP contribution in [0.4, 0.5) is 0 Å². The molecular formula is C21H42N2O3. The summed E-state index contributed by atoms with van der Waals surface area (Å²) in [4.78, 5) is 23.5. The maximum Gasteiger partial charge on any atom is 0.331 e. The van der Waals surface area contributed by atoms with Crippen LogP contribution in [-0.4, -0.2) is 28.9 Å². The summed E-state index contributed by atoms with van der Waals surface area (Å²) in [5.74, 6) is -1.59. The standard InChI is InChI=1S/C21H42N2O3/c1-2-3-4-5-6-7-8-9-10-11-12-13-14-16-19(24)21(23,20(25)26)17-15-18-22/h2-18,22-23H2,1H3,(H,25,26)/t21-/m1/s1. The molecule has 0 aliphatic heterocycles. The number of carbonyl (C=O) groups excluding carboxylic acids is 1. The first-order valence-corrected chi connectivity index (χ1v) is 10.7. The van der Waals surface area contributed by atoms with E-state index in [1.54, 1.807) is 0 Å². The van der Waals surface area contributed by atoms with E-state index in [-0.39, 0.29) is 18.6 Å². The monoisotopic (exact) mass is 370 g/mol. The number of Topliss-reactive ketones (excluding diaryl/α,β-unsaturated/α-hetero) is 1. The predicted molar refractivity (Wildman–Crippen MR) is 108 cm³/mol. The van der Waals surface area contributed by atoms with Crippen LogP contribution in [0.2, 0.25) is 0 Å². The molecule has 5 heteroatoms. The molecule has 0 aliphatic rings. The normalized spacial score (nSPS) is 13.5. The first-order valence-electron chi connectivity index (χ1n) is 10.7. The van der Waals surface area contributed by atoms with Crippen molar-refractivity contribution in [3.05, 3.63) is 0 Å². The summed E-state index contributed by atoms with van der Waals surface area (Å²) in [7, 11) is 0. The number of aliphatic carboxylic acids is 1. The second-order valence-electron chi connectivity index (χ2n) is 7.58. The molecule has 0 amide bonds. The number of ketones is 1. The fourth-order valence-electron chi connectivity index (χ4n) is 3.27. The maximum atomic E-state index is 12.2. The molecular weight excluding hydrogens is 328 g/mol. The smallest absolute Gasteiger partial charge is 0.331 e. The van der Waals surface area contributed by atoms with Crippen LogP contribution in [-0.2, 0) is 9.59 Å². The Bertz CT molecular complexity index is 374. The first-order chi connectivity index (χ1) is 12.5. The molecule has 0 saturated heterocycles. The number of carboxylic acid groups (broad SMARTS) is 1. The second kappa shape index (κ2) is 16.2. The van der Waals surface area contributed by atoms with E-state index in [1.807, 2.05) is 0 Å². The van der Waals surface area contributed by atoms with Crippen molar-refractivity contribution in [3.63, 3.8) is 0 Å². The van der Waals surface area contributed by atoms with Crippen molar-refractivity contribution in [2.24, 2.45) is 11.5 Å². The SMILES string of the molecule is CCCCCCCCCCCCCCCC(=O)[C@](N)(CCCN)C(=O)O. The van der Waals surface area contributed by atoms with Crippen molar-refractivity contribution >= 4 is 11.8 Å². The summed E-state index contributed by atoms with van der Waals surface area (Å²) < 4.78 is 0. The van der Waals surface area contributed by atoms with Gasteiger partial charge in [0.05, 0.1) is 0 Å². The lowest BCUT2D eigenvalue weighted by molar-refractivity contribution is -0.148. The van der Waals surface area contributed by atoms with Crippen LogP contribution in [0, 0.1) is 0 Å². The lowest BCUT2D eigenvalue weighted by atomic mass is 9.87. The number of carboxylic acids is 1. The molecule has 0 aliphatic carbocycles. The summed E-state index contributed by atoms with van der Waals surface area (Å²) >= 11 is 0. The maximum absolute atomic E-state index is 12.2. The van der Waals surface area contributed by atoms with Crippen LogP contribution in [0.1, 0.15) is 110 Å². The van der Waals surface area contributed by atoms with E-state index >= 15 is 0 Å². The molecule has 0 saturated carbocycles. The van der Waals surface area contributed by atoms with Gasteiger partial charge >= 0.3 is 5.97 Å². The van der Waals surface area contributed by atoms with Crippen LogP contribution in [0.5, 0.6) is 0 Å². The van der Waals surface area contributed by atoms with Crippen molar-refractivity contribution in [1.82, 2.24) is 0 Å². The van der Waals surface area contributed by atoms with Crippen LogP contribution in [0.15, 0.2) is 0 Å². The molecule has 0 aromatic rings. The number of carbonyl (C=O) groups is 2.